The Balaban J connectivity index is 1.19. The van der Waals surface area contributed by atoms with Crippen LogP contribution in [0.25, 0.3) is 52.9 Å². The van der Waals surface area contributed by atoms with Gasteiger partial charge in [-0.2, -0.15) is 0 Å². The maximum atomic E-state index is 6.51. The molecule has 6 heteroatoms. The number of anilines is 6. The number of nitrogens with zero attached hydrogens (tertiary/aromatic N) is 2. The van der Waals surface area contributed by atoms with Crippen LogP contribution in [-0.4, -0.2) is 6.71 Å². The van der Waals surface area contributed by atoms with Crippen LogP contribution in [-0.2, 0) is 16.2 Å². The van der Waals surface area contributed by atoms with Crippen LogP contribution in [0.15, 0.2) is 138 Å². The number of hydrogen-bond donors (Lipinski definition) is 0. The molecule has 348 valence electrons. The van der Waals surface area contributed by atoms with E-state index in [2.05, 4.69) is 227 Å². The van der Waals surface area contributed by atoms with Crippen LogP contribution in [0.3, 0.4) is 0 Å². The van der Waals surface area contributed by atoms with Gasteiger partial charge in [0.1, 0.15) is 11.3 Å². The van der Waals surface area contributed by atoms with Crippen molar-refractivity contribution < 1.29 is 4.42 Å². The fourth-order valence-corrected chi connectivity index (χ4v) is 13.8. The fraction of sp³-hybridized carbons (Fsp3) is 0.250. The van der Waals surface area contributed by atoms with Gasteiger partial charge in [-0.1, -0.05) is 135 Å². The van der Waals surface area contributed by atoms with Gasteiger partial charge in [-0.05, 0) is 176 Å². The summed E-state index contributed by atoms with van der Waals surface area (Å²) < 4.78 is 9.14. The topological polar surface area (TPSA) is 19.6 Å². The third kappa shape index (κ3) is 7.03. The predicted molar refractivity (Wildman–Crippen MR) is 307 cm³/mol. The van der Waals surface area contributed by atoms with Gasteiger partial charge in [-0.3, -0.25) is 0 Å². The number of rotatable bonds is 4. The molecule has 3 aromatic heterocycles. The second kappa shape index (κ2) is 15.6. The third-order valence-corrected chi connectivity index (χ3v) is 17.5. The second-order valence-electron chi connectivity index (χ2n) is 23.3. The minimum absolute atomic E-state index is 0.0110. The van der Waals surface area contributed by atoms with Crippen LogP contribution >= 0.6 is 22.7 Å². The molecule has 0 amide bonds. The molecule has 0 atom stereocenters. The zero-order valence-corrected chi connectivity index (χ0v) is 44.5. The minimum atomic E-state index is -0.144. The number of hydrogen-bond acceptors (Lipinski definition) is 5. The molecule has 0 unspecified atom stereocenters. The lowest BCUT2D eigenvalue weighted by Gasteiger charge is -2.45. The smallest absolute Gasteiger partial charge is 0.254 e. The summed E-state index contributed by atoms with van der Waals surface area (Å²) in [7, 11) is 0. The molecular formula is C64H61BN2OS2. The van der Waals surface area contributed by atoms with E-state index in [1.165, 1.54) is 119 Å². The molecule has 0 fully saturated rings. The lowest BCUT2D eigenvalue weighted by Crippen LogP contribution is -2.61. The average Bonchev–Trinajstić information content (AvgIpc) is 4.04. The van der Waals surface area contributed by atoms with Gasteiger partial charge in [0.2, 0.25) is 0 Å². The minimum Gasteiger partial charge on any atom is -0.456 e. The van der Waals surface area contributed by atoms with E-state index in [0.29, 0.717) is 0 Å². The Morgan fingerprint density at radius 3 is 1.71 bits per heavy atom. The first-order valence-corrected chi connectivity index (χ1v) is 26.6. The zero-order valence-electron chi connectivity index (χ0n) is 42.9. The summed E-state index contributed by atoms with van der Waals surface area (Å²) in [6, 6.07) is 51.1. The summed E-state index contributed by atoms with van der Waals surface area (Å²) >= 11 is 3.84. The van der Waals surface area contributed by atoms with Crippen molar-refractivity contribution in [3.63, 3.8) is 0 Å². The lowest BCUT2D eigenvalue weighted by atomic mass is 9.33. The number of fused-ring (bicyclic) bond motifs is 8. The van der Waals surface area contributed by atoms with Gasteiger partial charge in [0.15, 0.2) is 0 Å². The van der Waals surface area contributed by atoms with E-state index in [1.807, 2.05) is 28.7 Å². The number of aryl methyl sites for hydroxylation is 4. The summed E-state index contributed by atoms with van der Waals surface area (Å²) in [5.41, 5.74) is 22.5. The van der Waals surface area contributed by atoms with Gasteiger partial charge in [0, 0.05) is 42.3 Å². The zero-order chi connectivity index (χ0) is 48.9. The Kier molecular flexibility index (Phi) is 9.98. The van der Waals surface area contributed by atoms with Crippen LogP contribution in [0.2, 0.25) is 0 Å². The van der Waals surface area contributed by atoms with E-state index < -0.39 is 0 Å². The van der Waals surface area contributed by atoms with Gasteiger partial charge in [-0.25, -0.2) is 0 Å². The van der Waals surface area contributed by atoms with Crippen LogP contribution in [0.4, 0.5) is 33.4 Å². The predicted octanol–water partition coefficient (Wildman–Crippen LogP) is 17.4. The number of benzene rings is 7. The molecule has 2 aliphatic heterocycles. The van der Waals surface area contributed by atoms with Gasteiger partial charge >= 0.3 is 0 Å². The van der Waals surface area contributed by atoms with Crippen LogP contribution in [0.5, 0.6) is 0 Å². The quantitative estimate of drug-likeness (QED) is 0.164. The normalized spacial score (nSPS) is 13.7. The summed E-state index contributed by atoms with van der Waals surface area (Å²) in [4.78, 5) is 6.64. The Morgan fingerprint density at radius 1 is 0.457 bits per heavy atom. The maximum Gasteiger partial charge on any atom is 0.254 e. The average molecular weight is 949 g/mol. The first-order chi connectivity index (χ1) is 33.2. The summed E-state index contributed by atoms with van der Waals surface area (Å²) in [5, 5.41) is 5.06. The molecule has 0 saturated carbocycles. The summed E-state index contributed by atoms with van der Waals surface area (Å²) in [5.74, 6) is 0.896. The van der Waals surface area contributed by atoms with E-state index >= 15 is 0 Å². The molecule has 0 N–H and O–H groups in total. The van der Waals surface area contributed by atoms with Crippen molar-refractivity contribution in [3.05, 3.63) is 172 Å². The number of thiophene rings is 2. The maximum absolute atomic E-state index is 6.51. The molecule has 3 nitrogen and oxygen atoms in total. The Hall–Kier alpha value is -6.34. The molecule has 0 saturated heterocycles. The Labute approximate surface area is 422 Å². The van der Waals surface area contributed by atoms with E-state index in [1.54, 1.807) is 0 Å². The highest BCUT2D eigenvalue weighted by molar-refractivity contribution is 7.26. The van der Waals surface area contributed by atoms with Gasteiger partial charge in [0.05, 0.1) is 16.4 Å². The molecule has 7 aromatic carbocycles. The number of para-hydroxylation sites is 1. The van der Waals surface area contributed by atoms with E-state index in [0.717, 1.165) is 22.3 Å². The first-order valence-electron chi connectivity index (χ1n) is 24.9. The molecule has 0 bridgehead atoms. The standard InChI is InChI=1S/C64H61BN2OS2/c1-36-26-43(53-31-40-18-14-16-20-52(40)68-53)27-37(2)60(36)67-51-35-46(64(11,12)13)34-50-58(51)65(57-47-33-44(62(5,6)7)23-25-55(47)70-61(57)67)48-24-22-42(56-32-41-19-15-17-21-54(41)69-56)30-49(48)66(50)59-38(3)28-45(29-39(59)4)63(8,9)10/h14-35H,1-13H3. The van der Waals surface area contributed by atoms with Crippen LogP contribution in [0.1, 0.15) is 101 Å². The summed E-state index contributed by atoms with van der Waals surface area (Å²) in [6.07, 6.45) is 0. The molecule has 0 aliphatic carbocycles. The van der Waals surface area contributed by atoms with Crippen molar-refractivity contribution in [2.24, 2.45) is 0 Å². The van der Waals surface area contributed by atoms with E-state index in [9.17, 15) is 0 Å². The summed E-state index contributed by atoms with van der Waals surface area (Å²) in [6.45, 7) is 30.4. The third-order valence-electron chi connectivity index (χ3n) is 15.1. The monoisotopic (exact) mass is 948 g/mol. The van der Waals surface area contributed by atoms with Crippen molar-refractivity contribution in [2.75, 3.05) is 9.80 Å². The van der Waals surface area contributed by atoms with E-state index in [4.69, 9.17) is 4.42 Å². The van der Waals surface area contributed by atoms with Crippen molar-refractivity contribution in [1.29, 1.82) is 0 Å². The molecule has 0 spiro atoms. The SMILES string of the molecule is Cc1cc(C(C)(C)C)cc(C)c1N1c2cc(-c3cc4ccccc4s3)ccc2B2c3c1cc(C(C)(C)C)cc3N(c1c(C)cc(-c3cc4ccccc4o3)cc1C)c1sc3ccc(C(C)(C)C)cc3c12. The molecule has 0 radical (unpaired) electrons. The van der Waals surface area contributed by atoms with Gasteiger partial charge in [0.25, 0.3) is 6.71 Å². The molecule has 2 aliphatic rings. The molecule has 5 heterocycles. The van der Waals surface area contributed by atoms with Gasteiger partial charge < -0.3 is 14.2 Å². The van der Waals surface area contributed by atoms with Crippen LogP contribution in [0, 0.1) is 27.7 Å². The highest BCUT2D eigenvalue weighted by Crippen LogP contribution is 2.53. The fourth-order valence-electron chi connectivity index (χ4n) is 11.5. The van der Waals surface area contributed by atoms with Crippen LogP contribution < -0.4 is 26.2 Å². The Morgan fingerprint density at radius 2 is 1.06 bits per heavy atom. The highest BCUT2D eigenvalue weighted by atomic mass is 32.1. The van der Waals surface area contributed by atoms with Crippen molar-refractivity contribution in [3.8, 4) is 21.8 Å². The highest BCUT2D eigenvalue weighted by Gasteiger charge is 2.47. The number of furan rings is 1. The molecular weight excluding hydrogens is 888 g/mol. The second-order valence-corrected chi connectivity index (χ2v) is 25.4. The molecule has 10 aromatic rings. The molecule has 70 heavy (non-hydrogen) atoms. The van der Waals surface area contributed by atoms with Crippen molar-refractivity contribution >= 4 is 110 Å². The molecule has 12 rings (SSSR count). The first kappa shape index (κ1) is 44.8. The largest absolute Gasteiger partial charge is 0.456 e. The van der Waals surface area contributed by atoms with E-state index in [-0.39, 0.29) is 23.0 Å². The Bertz CT molecular complexity index is 3690. The van der Waals surface area contributed by atoms with Crippen molar-refractivity contribution in [2.45, 2.75) is 106 Å². The lowest BCUT2D eigenvalue weighted by molar-refractivity contribution is 0.589. The van der Waals surface area contributed by atoms with Crippen molar-refractivity contribution in [1.82, 2.24) is 0 Å². The van der Waals surface area contributed by atoms with Gasteiger partial charge in [-0.15, -0.1) is 22.7 Å².